The molecule has 80 valence electrons. The molecule has 0 radical (unpaired) electrons. The van der Waals surface area contributed by atoms with Crippen LogP contribution in [0.4, 0.5) is 0 Å². The fraction of sp³-hybridized carbons (Fsp3) is 0.727. The van der Waals surface area contributed by atoms with Gasteiger partial charge in [-0.2, -0.15) is 0 Å². The Morgan fingerprint density at radius 2 is 2.21 bits per heavy atom. The summed E-state index contributed by atoms with van der Waals surface area (Å²) >= 11 is 0. The van der Waals surface area contributed by atoms with Crippen molar-refractivity contribution in [3.8, 4) is 12.3 Å². The molecule has 14 heavy (non-hydrogen) atoms. The minimum Gasteiger partial charge on any atom is -0.462 e. The monoisotopic (exact) mass is 197 g/mol. The zero-order chi connectivity index (χ0) is 11.0. The van der Waals surface area contributed by atoms with Crippen molar-refractivity contribution in [2.75, 3.05) is 6.54 Å². The Kier molecular flexibility index (Phi) is 6.87. The van der Waals surface area contributed by atoms with E-state index in [1.165, 1.54) is 0 Å². The van der Waals surface area contributed by atoms with E-state index in [1.54, 1.807) is 0 Å². The van der Waals surface area contributed by atoms with Crippen molar-refractivity contribution in [3.63, 3.8) is 0 Å². The second-order valence-electron chi connectivity index (χ2n) is 3.43. The van der Waals surface area contributed by atoms with Crippen molar-refractivity contribution >= 4 is 5.97 Å². The fourth-order valence-corrected chi connectivity index (χ4v) is 1.04. The molecule has 0 aromatic heterocycles. The third-order valence-corrected chi connectivity index (χ3v) is 1.64. The summed E-state index contributed by atoms with van der Waals surface area (Å²) in [6.45, 7) is 5.89. The number of esters is 1. The van der Waals surface area contributed by atoms with Crippen LogP contribution in [0.15, 0.2) is 0 Å². The van der Waals surface area contributed by atoms with Gasteiger partial charge in [0.2, 0.25) is 0 Å². The molecule has 0 rings (SSSR count). The molecule has 0 aliphatic heterocycles. The van der Waals surface area contributed by atoms with E-state index in [0.29, 0.717) is 0 Å². The molecule has 3 nitrogen and oxygen atoms in total. The Morgan fingerprint density at radius 3 is 2.64 bits per heavy atom. The number of carbonyl (C=O) groups is 1. The molecule has 0 saturated heterocycles. The molecular formula is C11H19NO2. The summed E-state index contributed by atoms with van der Waals surface area (Å²) in [5, 5.41) is 2.96. The molecule has 1 atom stereocenters. The molecule has 0 bridgehead atoms. The highest BCUT2D eigenvalue weighted by molar-refractivity contribution is 5.71. The van der Waals surface area contributed by atoms with Crippen LogP contribution in [0, 0.1) is 12.3 Å². The average Bonchev–Trinajstić information content (AvgIpc) is 2.11. The first-order valence-electron chi connectivity index (χ1n) is 4.99. The Hall–Kier alpha value is -1.01. The summed E-state index contributed by atoms with van der Waals surface area (Å²) < 4.78 is 4.95. The smallest absolute Gasteiger partial charge is 0.320 e. The number of rotatable bonds is 6. The number of terminal acetylenes is 1. The SMILES string of the molecule is C#CC(CCC)NCC(=O)OC(C)C. The lowest BCUT2D eigenvalue weighted by molar-refractivity contribution is -0.146. The largest absolute Gasteiger partial charge is 0.462 e. The van der Waals surface area contributed by atoms with Crippen LogP contribution in [0.2, 0.25) is 0 Å². The lowest BCUT2D eigenvalue weighted by Gasteiger charge is -2.12. The maximum atomic E-state index is 11.1. The molecule has 0 saturated carbocycles. The molecule has 1 N–H and O–H groups in total. The topological polar surface area (TPSA) is 38.3 Å². The van der Waals surface area contributed by atoms with Crippen LogP contribution in [-0.4, -0.2) is 24.7 Å². The van der Waals surface area contributed by atoms with Gasteiger partial charge < -0.3 is 4.74 Å². The minimum absolute atomic E-state index is 0.0280. The fourth-order valence-electron chi connectivity index (χ4n) is 1.04. The maximum Gasteiger partial charge on any atom is 0.320 e. The van der Waals surface area contributed by atoms with Crippen LogP contribution in [0.3, 0.4) is 0 Å². The van der Waals surface area contributed by atoms with E-state index in [9.17, 15) is 4.79 Å². The van der Waals surface area contributed by atoms with Crippen LogP contribution in [0.25, 0.3) is 0 Å². The van der Waals surface area contributed by atoms with E-state index < -0.39 is 0 Å². The second kappa shape index (κ2) is 7.40. The van der Waals surface area contributed by atoms with Gasteiger partial charge in [0, 0.05) is 0 Å². The Bertz CT molecular complexity index is 206. The first-order valence-corrected chi connectivity index (χ1v) is 4.99. The minimum atomic E-state index is -0.253. The van der Waals surface area contributed by atoms with Gasteiger partial charge >= 0.3 is 5.97 Å². The molecule has 0 amide bonds. The van der Waals surface area contributed by atoms with Crippen molar-refractivity contribution < 1.29 is 9.53 Å². The molecule has 0 fully saturated rings. The third kappa shape index (κ3) is 6.50. The lowest BCUT2D eigenvalue weighted by atomic mass is 10.2. The highest BCUT2D eigenvalue weighted by Gasteiger charge is 2.08. The van der Waals surface area contributed by atoms with Gasteiger partial charge in [0.25, 0.3) is 0 Å². The molecule has 0 aromatic rings. The normalized spacial score (nSPS) is 12.2. The number of hydrogen-bond donors (Lipinski definition) is 1. The zero-order valence-corrected chi connectivity index (χ0v) is 9.17. The summed E-state index contributed by atoms with van der Waals surface area (Å²) in [5.41, 5.74) is 0. The molecule has 0 heterocycles. The van der Waals surface area contributed by atoms with Crippen molar-refractivity contribution in [2.24, 2.45) is 0 Å². The summed E-state index contributed by atoms with van der Waals surface area (Å²) in [5.74, 6) is 2.34. The van der Waals surface area contributed by atoms with Gasteiger partial charge in [-0.25, -0.2) is 0 Å². The molecule has 1 unspecified atom stereocenters. The summed E-state index contributed by atoms with van der Waals surface area (Å²) in [4.78, 5) is 11.1. The van der Waals surface area contributed by atoms with Crippen molar-refractivity contribution in [1.29, 1.82) is 0 Å². The first kappa shape index (κ1) is 13.0. The summed E-state index contributed by atoms with van der Waals surface area (Å²) in [6.07, 6.45) is 7.09. The molecule has 0 aliphatic carbocycles. The molecule has 0 aromatic carbocycles. The van der Waals surface area contributed by atoms with Crippen molar-refractivity contribution in [3.05, 3.63) is 0 Å². The van der Waals surface area contributed by atoms with Gasteiger partial charge in [-0.3, -0.25) is 10.1 Å². The van der Waals surface area contributed by atoms with Crippen LogP contribution < -0.4 is 5.32 Å². The van der Waals surface area contributed by atoms with E-state index in [4.69, 9.17) is 11.2 Å². The summed E-state index contributed by atoms with van der Waals surface area (Å²) in [7, 11) is 0. The maximum absolute atomic E-state index is 11.1. The van der Waals surface area contributed by atoms with E-state index in [1.807, 2.05) is 13.8 Å². The Morgan fingerprint density at radius 1 is 1.57 bits per heavy atom. The van der Waals surface area contributed by atoms with E-state index >= 15 is 0 Å². The van der Waals surface area contributed by atoms with Crippen LogP contribution in [-0.2, 0) is 9.53 Å². The highest BCUT2D eigenvalue weighted by atomic mass is 16.5. The average molecular weight is 197 g/mol. The van der Waals surface area contributed by atoms with Gasteiger partial charge in [-0.05, 0) is 20.3 Å². The first-order chi connectivity index (χ1) is 6.60. The standard InChI is InChI=1S/C11H19NO2/c1-5-7-10(6-2)12-8-11(13)14-9(3)4/h2,9-10,12H,5,7-8H2,1,3-4H3. The van der Waals surface area contributed by atoms with Gasteiger partial charge in [-0.1, -0.05) is 19.3 Å². The number of nitrogens with one attached hydrogen (secondary N) is 1. The second-order valence-corrected chi connectivity index (χ2v) is 3.43. The summed E-state index contributed by atoms with van der Waals surface area (Å²) in [6, 6.07) is -0.0280. The van der Waals surface area contributed by atoms with E-state index in [-0.39, 0.29) is 24.7 Å². The number of carbonyl (C=O) groups excluding carboxylic acids is 1. The van der Waals surface area contributed by atoms with Crippen LogP contribution in [0.1, 0.15) is 33.6 Å². The Labute approximate surface area is 86.2 Å². The van der Waals surface area contributed by atoms with Gasteiger partial charge in [-0.15, -0.1) is 6.42 Å². The quantitative estimate of drug-likeness (QED) is 0.515. The van der Waals surface area contributed by atoms with Crippen molar-refractivity contribution in [1.82, 2.24) is 5.32 Å². The van der Waals surface area contributed by atoms with Crippen LogP contribution in [0.5, 0.6) is 0 Å². The third-order valence-electron chi connectivity index (χ3n) is 1.64. The van der Waals surface area contributed by atoms with Gasteiger partial charge in [0.05, 0.1) is 18.7 Å². The van der Waals surface area contributed by atoms with E-state index in [2.05, 4.69) is 18.2 Å². The van der Waals surface area contributed by atoms with Gasteiger partial charge in [0.15, 0.2) is 0 Å². The number of hydrogen-bond acceptors (Lipinski definition) is 3. The molecule has 0 aliphatic rings. The predicted molar refractivity (Wildman–Crippen MR) is 56.8 cm³/mol. The lowest BCUT2D eigenvalue weighted by Crippen LogP contribution is -2.34. The molecule has 3 heteroatoms. The molecular weight excluding hydrogens is 178 g/mol. The predicted octanol–water partition coefficient (Wildman–Crippen LogP) is 1.33. The van der Waals surface area contributed by atoms with Gasteiger partial charge in [0.1, 0.15) is 0 Å². The number of ether oxygens (including phenoxy) is 1. The van der Waals surface area contributed by atoms with Crippen molar-refractivity contribution in [2.45, 2.75) is 45.8 Å². The Balaban J connectivity index is 3.69. The zero-order valence-electron chi connectivity index (χ0n) is 9.17. The highest BCUT2D eigenvalue weighted by Crippen LogP contribution is 1.95. The van der Waals surface area contributed by atoms with E-state index in [0.717, 1.165) is 12.8 Å². The molecule has 0 spiro atoms. The van der Waals surface area contributed by atoms with Crippen LogP contribution >= 0.6 is 0 Å².